The second-order valence-corrected chi connectivity index (χ2v) is 11.2. The Balaban J connectivity index is 1.53. The van der Waals surface area contributed by atoms with Crippen LogP contribution in [0.25, 0.3) is 11.0 Å². The van der Waals surface area contributed by atoms with Crippen molar-refractivity contribution in [2.24, 2.45) is 5.92 Å². The fourth-order valence-electron chi connectivity index (χ4n) is 4.57. The van der Waals surface area contributed by atoms with Crippen LogP contribution in [-0.2, 0) is 9.53 Å². The second-order valence-electron chi connectivity index (χ2n) is 10.7. The van der Waals surface area contributed by atoms with Crippen molar-refractivity contribution < 1.29 is 33.4 Å². The molecule has 1 fully saturated rings. The van der Waals surface area contributed by atoms with Crippen molar-refractivity contribution >= 4 is 58.0 Å². The lowest BCUT2D eigenvalue weighted by atomic mass is 9.85. The Kier molecular flexibility index (Phi) is 8.34. The number of aromatic nitrogens is 1. The zero-order valence-electron chi connectivity index (χ0n) is 22.6. The molecular formula is C28H31ClN4O7. The molecule has 12 heteroatoms. The van der Waals surface area contributed by atoms with E-state index >= 15 is 0 Å². The first kappa shape index (κ1) is 28.9. The zero-order valence-corrected chi connectivity index (χ0v) is 23.4. The third kappa shape index (κ3) is 6.71. The predicted molar refractivity (Wildman–Crippen MR) is 149 cm³/mol. The summed E-state index contributed by atoms with van der Waals surface area (Å²) in [6.07, 6.45) is 3.17. The number of halogens is 1. The molecule has 40 heavy (non-hydrogen) atoms. The number of benzene rings is 1. The highest BCUT2D eigenvalue weighted by molar-refractivity contribution is 6.30. The molecule has 3 amide bonds. The van der Waals surface area contributed by atoms with Gasteiger partial charge in [-0.1, -0.05) is 11.6 Å². The van der Waals surface area contributed by atoms with Crippen LogP contribution in [-0.4, -0.2) is 57.6 Å². The molecule has 3 N–H and O–H groups in total. The molecule has 0 radical (unpaired) electrons. The molecule has 0 aliphatic heterocycles. The van der Waals surface area contributed by atoms with Crippen molar-refractivity contribution in [1.29, 1.82) is 0 Å². The molecule has 3 aromatic rings. The van der Waals surface area contributed by atoms with E-state index in [0.29, 0.717) is 30.7 Å². The van der Waals surface area contributed by atoms with Gasteiger partial charge in [0.15, 0.2) is 0 Å². The SMILES string of the molecule is CN(C(=O)OC(C)(C)C)C1CCC(C(=O)Nc2c(C(=O)Nc3ccc(Cl)cn3)oc3ccc(C(=O)O)cc23)CC1. The Bertz CT molecular complexity index is 1440. The fraction of sp³-hybridized carbons (Fsp3) is 0.393. The number of pyridine rings is 1. The molecule has 0 unspecified atom stereocenters. The Hall–Kier alpha value is -4.12. The third-order valence-electron chi connectivity index (χ3n) is 6.66. The molecule has 1 saturated carbocycles. The van der Waals surface area contributed by atoms with Crippen LogP contribution < -0.4 is 10.6 Å². The van der Waals surface area contributed by atoms with Crippen LogP contribution in [0.4, 0.5) is 16.3 Å². The summed E-state index contributed by atoms with van der Waals surface area (Å²) in [4.78, 5) is 56.2. The molecule has 212 valence electrons. The van der Waals surface area contributed by atoms with Gasteiger partial charge in [0, 0.05) is 30.6 Å². The molecule has 0 atom stereocenters. The number of furan rings is 1. The van der Waals surface area contributed by atoms with Crippen LogP contribution >= 0.6 is 11.6 Å². The first-order valence-electron chi connectivity index (χ1n) is 12.8. The number of carbonyl (C=O) groups is 4. The van der Waals surface area contributed by atoms with E-state index in [-0.39, 0.29) is 51.7 Å². The minimum absolute atomic E-state index is 0.0270. The van der Waals surface area contributed by atoms with Gasteiger partial charge in [-0.2, -0.15) is 0 Å². The predicted octanol–water partition coefficient (Wildman–Crippen LogP) is 5.80. The lowest BCUT2D eigenvalue weighted by Crippen LogP contribution is -2.43. The van der Waals surface area contributed by atoms with Crippen LogP contribution in [0.5, 0.6) is 0 Å². The van der Waals surface area contributed by atoms with Crippen LogP contribution in [0.1, 0.15) is 67.4 Å². The number of hydrogen-bond donors (Lipinski definition) is 3. The van der Waals surface area contributed by atoms with Crippen molar-refractivity contribution in [3.05, 3.63) is 52.9 Å². The number of amides is 3. The first-order chi connectivity index (χ1) is 18.8. The number of carbonyl (C=O) groups excluding carboxylic acids is 3. The number of aromatic carboxylic acids is 1. The maximum atomic E-state index is 13.4. The lowest BCUT2D eigenvalue weighted by molar-refractivity contribution is -0.121. The highest BCUT2D eigenvalue weighted by atomic mass is 35.5. The van der Waals surface area contributed by atoms with E-state index in [1.807, 2.05) is 0 Å². The average molecular weight is 571 g/mol. The first-order valence-corrected chi connectivity index (χ1v) is 13.2. The zero-order chi connectivity index (χ0) is 29.2. The minimum Gasteiger partial charge on any atom is -0.478 e. The standard InChI is InChI=1S/C28H31ClN4O7/c1-28(2,3)40-27(38)33(4)18-9-5-15(6-10-18)24(34)32-22-19-13-16(26(36)37)7-11-20(19)39-23(22)25(35)31-21-12-8-17(29)14-30-21/h7-8,11-15,18H,5-6,9-10H2,1-4H3,(H,32,34)(H,36,37)(H,30,31,35). The van der Waals surface area contributed by atoms with Crippen LogP contribution in [0, 0.1) is 5.92 Å². The number of hydrogen-bond acceptors (Lipinski definition) is 7. The monoisotopic (exact) mass is 570 g/mol. The fourth-order valence-corrected chi connectivity index (χ4v) is 4.68. The van der Waals surface area contributed by atoms with E-state index in [9.17, 15) is 24.3 Å². The third-order valence-corrected chi connectivity index (χ3v) is 6.88. The van der Waals surface area contributed by atoms with Gasteiger partial charge in [-0.3, -0.25) is 9.59 Å². The topological polar surface area (TPSA) is 151 Å². The Labute approximate surface area is 235 Å². The van der Waals surface area contributed by atoms with E-state index < -0.39 is 23.6 Å². The highest BCUT2D eigenvalue weighted by Crippen LogP contribution is 2.35. The van der Waals surface area contributed by atoms with Gasteiger partial charge in [-0.25, -0.2) is 14.6 Å². The van der Waals surface area contributed by atoms with Crippen molar-refractivity contribution in [1.82, 2.24) is 9.88 Å². The van der Waals surface area contributed by atoms with E-state index in [4.69, 9.17) is 20.8 Å². The molecule has 1 aliphatic carbocycles. The maximum absolute atomic E-state index is 13.4. The van der Waals surface area contributed by atoms with Crippen molar-refractivity contribution in [2.75, 3.05) is 17.7 Å². The van der Waals surface area contributed by atoms with Crippen molar-refractivity contribution in [3.8, 4) is 0 Å². The Morgan fingerprint density at radius 3 is 2.38 bits per heavy atom. The highest BCUT2D eigenvalue weighted by Gasteiger charge is 2.33. The van der Waals surface area contributed by atoms with Crippen LogP contribution in [0.2, 0.25) is 5.02 Å². The molecule has 2 aromatic heterocycles. The average Bonchev–Trinajstić information content (AvgIpc) is 3.26. The summed E-state index contributed by atoms with van der Waals surface area (Å²) < 4.78 is 11.2. The molecular weight excluding hydrogens is 540 g/mol. The number of nitrogens with zero attached hydrogens (tertiary/aromatic N) is 2. The van der Waals surface area contributed by atoms with Gasteiger partial charge in [-0.15, -0.1) is 0 Å². The van der Waals surface area contributed by atoms with Crippen LogP contribution in [0.3, 0.4) is 0 Å². The van der Waals surface area contributed by atoms with Gasteiger partial charge in [-0.05, 0) is 76.8 Å². The largest absolute Gasteiger partial charge is 0.478 e. The van der Waals surface area contributed by atoms with Crippen LogP contribution in [0.15, 0.2) is 40.9 Å². The summed E-state index contributed by atoms with van der Waals surface area (Å²) in [5.74, 6) is -2.54. The summed E-state index contributed by atoms with van der Waals surface area (Å²) in [5.41, 5.74) is -0.329. The number of anilines is 2. The van der Waals surface area contributed by atoms with Gasteiger partial charge >= 0.3 is 12.1 Å². The number of fused-ring (bicyclic) bond motifs is 1. The minimum atomic E-state index is -1.16. The van der Waals surface area contributed by atoms with Gasteiger partial charge < -0.3 is 29.8 Å². The summed E-state index contributed by atoms with van der Waals surface area (Å²) in [6, 6.07) is 7.13. The Morgan fingerprint density at radius 1 is 1.07 bits per heavy atom. The number of rotatable bonds is 6. The summed E-state index contributed by atoms with van der Waals surface area (Å²) >= 11 is 5.87. The number of nitrogens with one attached hydrogen (secondary N) is 2. The van der Waals surface area contributed by atoms with Gasteiger partial charge in [0.2, 0.25) is 11.7 Å². The lowest BCUT2D eigenvalue weighted by Gasteiger charge is -2.35. The van der Waals surface area contributed by atoms with Gasteiger partial charge in [0.1, 0.15) is 22.7 Å². The molecule has 11 nitrogen and oxygen atoms in total. The van der Waals surface area contributed by atoms with E-state index in [2.05, 4.69) is 15.6 Å². The summed E-state index contributed by atoms with van der Waals surface area (Å²) in [6.45, 7) is 5.42. The molecule has 0 spiro atoms. The summed E-state index contributed by atoms with van der Waals surface area (Å²) in [5, 5.41) is 15.6. The maximum Gasteiger partial charge on any atom is 0.410 e. The second kappa shape index (κ2) is 11.5. The van der Waals surface area contributed by atoms with E-state index in [0.717, 1.165) is 0 Å². The molecule has 4 rings (SSSR count). The van der Waals surface area contributed by atoms with Crippen molar-refractivity contribution in [2.45, 2.75) is 58.1 Å². The summed E-state index contributed by atoms with van der Waals surface area (Å²) in [7, 11) is 1.69. The van der Waals surface area contributed by atoms with Gasteiger partial charge in [0.05, 0.1) is 10.6 Å². The number of carboxylic acids is 1. The van der Waals surface area contributed by atoms with Crippen molar-refractivity contribution in [3.63, 3.8) is 0 Å². The molecule has 0 bridgehead atoms. The molecule has 1 aromatic carbocycles. The van der Waals surface area contributed by atoms with E-state index in [1.54, 1.807) is 38.8 Å². The van der Waals surface area contributed by atoms with E-state index in [1.165, 1.54) is 30.5 Å². The molecule has 0 saturated heterocycles. The number of carboxylic acid groups (broad SMARTS) is 1. The molecule has 2 heterocycles. The normalized spacial score (nSPS) is 17.2. The Morgan fingerprint density at radius 2 is 1.77 bits per heavy atom. The smallest absolute Gasteiger partial charge is 0.410 e. The quantitative estimate of drug-likeness (QED) is 0.336. The van der Waals surface area contributed by atoms with Gasteiger partial charge in [0.25, 0.3) is 5.91 Å². The molecule has 1 aliphatic rings. The number of ether oxygens (including phenoxy) is 1.